The molecule has 0 bridgehead atoms. The van der Waals surface area contributed by atoms with Crippen molar-refractivity contribution in [2.24, 2.45) is 0 Å². The molecule has 0 spiro atoms. The van der Waals surface area contributed by atoms with E-state index in [1.165, 1.54) is 0 Å². The normalized spacial score (nSPS) is 12.2. The van der Waals surface area contributed by atoms with Crippen LogP contribution in [-0.4, -0.2) is 19.8 Å². The Hall–Kier alpha value is -1.55. The summed E-state index contributed by atoms with van der Waals surface area (Å²) in [6, 6.07) is 7.75. The number of imidazole rings is 1. The van der Waals surface area contributed by atoms with Crippen LogP contribution >= 0.6 is 0 Å². The Labute approximate surface area is 113 Å². The number of rotatable bonds is 5. The van der Waals surface area contributed by atoms with Gasteiger partial charge in [0.2, 0.25) is 0 Å². The molecule has 0 saturated carbocycles. The number of hydrogen-bond donors (Lipinski definition) is 1. The fourth-order valence-corrected chi connectivity index (χ4v) is 2.50. The summed E-state index contributed by atoms with van der Waals surface area (Å²) in [5.74, 6) is 0. The van der Waals surface area contributed by atoms with Crippen molar-refractivity contribution in [2.75, 3.05) is 0 Å². The second-order valence-electron chi connectivity index (χ2n) is 5.03. The third-order valence-electron chi connectivity index (χ3n) is 4.01. The Morgan fingerprint density at radius 2 is 1.58 bits per heavy atom. The van der Waals surface area contributed by atoms with E-state index in [1.807, 2.05) is 45.0 Å². The quantitative estimate of drug-likeness (QED) is 0.899. The lowest BCUT2D eigenvalue weighted by Crippen LogP contribution is -2.37. The number of benzene rings is 1. The van der Waals surface area contributed by atoms with Gasteiger partial charge in [0.25, 0.3) is 0 Å². The number of para-hydroxylation sites is 2. The lowest BCUT2D eigenvalue weighted by Gasteiger charge is -2.25. The highest BCUT2D eigenvalue weighted by molar-refractivity contribution is 5.76. The molecule has 1 N–H and O–H groups in total. The molecule has 0 fully saturated rings. The topological polar surface area (TPSA) is 47.2 Å². The van der Waals surface area contributed by atoms with Gasteiger partial charge < -0.3 is 5.11 Å². The summed E-state index contributed by atoms with van der Waals surface area (Å²) < 4.78 is 3.45. The van der Waals surface area contributed by atoms with Crippen molar-refractivity contribution in [1.29, 1.82) is 0 Å². The second kappa shape index (κ2) is 5.21. The zero-order chi connectivity index (χ0) is 14.0. The molecule has 0 radical (unpaired) electrons. The molecule has 0 aliphatic rings. The predicted octanol–water partition coefficient (Wildman–Crippen LogP) is 2.37. The smallest absolute Gasteiger partial charge is 0.329 e. The van der Waals surface area contributed by atoms with Crippen molar-refractivity contribution < 1.29 is 5.11 Å². The van der Waals surface area contributed by atoms with Crippen LogP contribution in [0.4, 0.5) is 0 Å². The number of fused-ring (bicyclic) bond motifs is 1. The van der Waals surface area contributed by atoms with Crippen molar-refractivity contribution in [1.82, 2.24) is 9.13 Å². The Morgan fingerprint density at radius 1 is 1.05 bits per heavy atom. The van der Waals surface area contributed by atoms with Gasteiger partial charge in [0.1, 0.15) is 0 Å². The first-order valence-electron chi connectivity index (χ1n) is 6.96. The first kappa shape index (κ1) is 13.9. The molecule has 0 aliphatic carbocycles. The van der Waals surface area contributed by atoms with Crippen LogP contribution in [0.1, 0.15) is 33.6 Å². The van der Waals surface area contributed by atoms with Crippen molar-refractivity contribution in [2.45, 2.75) is 52.3 Å². The third kappa shape index (κ3) is 2.32. The molecule has 4 nitrogen and oxygen atoms in total. The van der Waals surface area contributed by atoms with Crippen LogP contribution in [0.5, 0.6) is 0 Å². The minimum atomic E-state index is -0.813. The van der Waals surface area contributed by atoms with Gasteiger partial charge >= 0.3 is 5.69 Å². The maximum Gasteiger partial charge on any atom is 0.329 e. The average molecular weight is 262 g/mol. The van der Waals surface area contributed by atoms with Gasteiger partial charge in [-0.1, -0.05) is 26.0 Å². The molecule has 0 aliphatic heterocycles. The molecule has 4 heteroatoms. The summed E-state index contributed by atoms with van der Waals surface area (Å²) in [5.41, 5.74) is 0.982. The Morgan fingerprint density at radius 3 is 2.05 bits per heavy atom. The van der Waals surface area contributed by atoms with Gasteiger partial charge in [-0.15, -0.1) is 0 Å². The number of aromatic nitrogens is 2. The fraction of sp³-hybridized carbons (Fsp3) is 0.533. The van der Waals surface area contributed by atoms with E-state index in [1.54, 1.807) is 9.13 Å². The van der Waals surface area contributed by atoms with Crippen LogP contribution in [0.25, 0.3) is 11.0 Å². The molecule has 0 saturated heterocycles. The van der Waals surface area contributed by atoms with Gasteiger partial charge in [-0.3, -0.25) is 9.13 Å². The van der Waals surface area contributed by atoms with Gasteiger partial charge in [0.05, 0.1) is 23.2 Å². The summed E-state index contributed by atoms with van der Waals surface area (Å²) in [4.78, 5) is 12.4. The monoisotopic (exact) mass is 262 g/mol. The summed E-state index contributed by atoms with van der Waals surface area (Å²) in [6.07, 6.45) is 1.28. The molecule has 2 rings (SSSR count). The van der Waals surface area contributed by atoms with Crippen LogP contribution < -0.4 is 5.69 Å². The van der Waals surface area contributed by atoms with Crippen LogP contribution in [-0.2, 0) is 13.1 Å². The van der Waals surface area contributed by atoms with Crippen molar-refractivity contribution in [3.8, 4) is 0 Å². The second-order valence-corrected chi connectivity index (χ2v) is 5.03. The van der Waals surface area contributed by atoms with E-state index in [-0.39, 0.29) is 5.69 Å². The number of hydrogen-bond acceptors (Lipinski definition) is 2. The molecule has 1 aromatic heterocycles. The fourth-order valence-electron chi connectivity index (χ4n) is 2.50. The maximum atomic E-state index is 12.4. The van der Waals surface area contributed by atoms with E-state index in [9.17, 15) is 9.90 Å². The molecular formula is C15H22N2O2. The van der Waals surface area contributed by atoms with E-state index >= 15 is 0 Å². The molecule has 104 valence electrons. The third-order valence-corrected chi connectivity index (χ3v) is 4.01. The van der Waals surface area contributed by atoms with Crippen LogP contribution in [0.2, 0.25) is 0 Å². The molecule has 0 atom stereocenters. The zero-order valence-electron chi connectivity index (χ0n) is 11.9. The van der Waals surface area contributed by atoms with Gasteiger partial charge in [0.15, 0.2) is 0 Å². The molecule has 1 heterocycles. The minimum absolute atomic E-state index is 0.0379. The summed E-state index contributed by atoms with van der Waals surface area (Å²) >= 11 is 0. The van der Waals surface area contributed by atoms with Crippen LogP contribution in [0.3, 0.4) is 0 Å². The first-order chi connectivity index (χ1) is 9.06. The van der Waals surface area contributed by atoms with Gasteiger partial charge in [-0.2, -0.15) is 0 Å². The summed E-state index contributed by atoms with van der Waals surface area (Å²) in [7, 11) is 0. The predicted molar refractivity (Wildman–Crippen MR) is 77.4 cm³/mol. The molecule has 19 heavy (non-hydrogen) atoms. The van der Waals surface area contributed by atoms with Crippen molar-refractivity contribution in [3.05, 3.63) is 34.7 Å². The van der Waals surface area contributed by atoms with E-state index in [0.29, 0.717) is 25.9 Å². The van der Waals surface area contributed by atoms with Gasteiger partial charge in [-0.05, 0) is 31.9 Å². The SMILES string of the molecule is CCn1c(=O)n(CC(O)(CC)CC)c2ccccc21. The minimum Gasteiger partial charge on any atom is -0.388 e. The Balaban J connectivity index is 2.61. The largest absolute Gasteiger partial charge is 0.388 e. The highest BCUT2D eigenvalue weighted by Gasteiger charge is 2.25. The highest BCUT2D eigenvalue weighted by Crippen LogP contribution is 2.20. The molecule has 0 amide bonds. The van der Waals surface area contributed by atoms with Crippen molar-refractivity contribution in [3.63, 3.8) is 0 Å². The standard InChI is InChI=1S/C15H22N2O2/c1-4-15(19,5-2)11-17-13-10-8-7-9-12(13)16(6-3)14(17)18/h7-10,19H,4-6,11H2,1-3H3. The zero-order valence-corrected chi connectivity index (χ0v) is 11.9. The highest BCUT2D eigenvalue weighted by atomic mass is 16.3. The molecule has 0 unspecified atom stereocenters. The molecule has 2 aromatic rings. The Kier molecular flexibility index (Phi) is 3.80. The van der Waals surface area contributed by atoms with Gasteiger partial charge in [0, 0.05) is 6.54 Å². The van der Waals surface area contributed by atoms with Crippen LogP contribution in [0.15, 0.2) is 29.1 Å². The lowest BCUT2D eigenvalue weighted by atomic mass is 9.97. The maximum absolute atomic E-state index is 12.4. The Bertz CT molecular complexity index is 621. The van der Waals surface area contributed by atoms with E-state index < -0.39 is 5.60 Å². The number of aryl methyl sites for hydroxylation is 1. The van der Waals surface area contributed by atoms with Crippen LogP contribution in [0, 0.1) is 0 Å². The average Bonchev–Trinajstić information content (AvgIpc) is 2.71. The number of nitrogens with zero attached hydrogens (tertiary/aromatic N) is 2. The van der Waals surface area contributed by atoms with E-state index in [0.717, 1.165) is 11.0 Å². The van der Waals surface area contributed by atoms with E-state index in [2.05, 4.69) is 0 Å². The van der Waals surface area contributed by atoms with Crippen molar-refractivity contribution >= 4 is 11.0 Å². The summed E-state index contributed by atoms with van der Waals surface area (Å²) in [6.45, 7) is 6.86. The van der Waals surface area contributed by atoms with Gasteiger partial charge in [-0.25, -0.2) is 4.79 Å². The first-order valence-corrected chi connectivity index (χ1v) is 6.96. The molecule has 1 aromatic carbocycles. The summed E-state index contributed by atoms with van der Waals surface area (Å²) in [5, 5.41) is 10.5. The number of aliphatic hydroxyl groups is 1. The van der Waals surface area contributed by atoms with E-state index in [4.69, 9.17) is 0 Å². The molecular weight excluding hydrogens is 240 g/mol. The lowest BCUT2D eigenvalue weighted by molar-refractivity contribution is 0.0151.